The van der Waals surface area contributed by atoms with E-state index in [1.54, 1.807) is 33.1 Å². The summed E-state index contributed by atoms with van der Waals surface area (Å²) in [6, 6.07) is 13.1. The molecule has 0 fully saturated rings. The molecule has 0 atom stereocenters. The van der Waals surface area contributed by atoms with E-state index < -0.39 is 11.9 Å². The summed E-state index contributed by atoms with van der Waals surface area (Å²) in [5.41, 5.74) is 1.63. The van der Waals surface area contributed by atoms with Gasteiger partial charge in [-0.15, -0.1) is 0 Å². The number of ether oxygens (including phenoxy) is 2. The van der Waals surface area contributed by atoms with Crippen molar-refractivity contribution in [2.24, 2.45) is 0 Å². The molecule has 0 spiro atoms. The number of carbonyl (C=O) groups excluding carboxylic acids is 1. The third kappa shape index (κ3) is 6.75. The van der Waals surface area contributed by atoms with Gasteiger partial charge in [-0.25, -0.2) is 0 Å². The van der Waals surface area contributed by atoms with Crippen molar-refractivity contribution < 1.29 is 24.5 Å². The van der Waals surface area contributed by atoms with Gasteiger partial charge in [-0.3, -0.25) is 4.79 Å². The molecule has 0 aliphatic carbocycles. The number of aliphatic hydroxyl groups excluding tert-OH is 1. The van der Waals surface area contributed by atoms with Gasteiger partial charge in [0.1, 0.15) is 11.5 Å². The topological polar surface area (TPSA) is 88.0 Å². The summed E-state index contributed by atoms with van der Waals surface area (Å²) in [5.74, 6) is 0.973. The first kappa shape index (κ1) is 23.7. The zero-order valence-corrected chi connectivity index (χ0v) is 18.3. The highest BCUT2D eigenvalue weighted by Crippen LogP contribution is 2.22. The maximum Gasteiger partial charge on any atom is 0.255 e. The van der Waals surface area contributed by atoms with Crippen LogP contribution in [-0.4, -0.2) is 41.7 Å². The number of aliphatic hydroxyl groups is 2. The van der Waals surface area contributed by atoms with Crippen LogP contribution < -0.4 is 14.8 Å². The number of rotatable bonds is 11. The zero-order chi connectivity index (χ0) is 22.1. The number of aryl methyl sites for hydroxylation is 1. The van der Waals surface area contributed by atoms with E-state index >= 15 is 0 Å². The van der Waals surface area contributed by atoms with Gasteiger partial charge in [0.15, 0.2) is 11.9 Å². The van der Waals surface area contributed by atoms with Gasteiger partial charge in [0.25, 0.3) is 5.91 Å². The summed E-state index contributed by atoms with van der Waals surface area (Å²) in [5, 5.41) is 21.6. The molecule has 3 N–H and O–H groups in total. The van der Waals surface area contributed by atoms with E-state index in [0.29, 0.717) is 30.0 Å². The van der Waals surface area contributed by atoms with Crippen molar-refractivity contribution in [1.29, 1.82) is 0 Å². The molecule has 30 heavy (non-hydrogen) atoms. The minimum absolute atomic E-state index is 0.149. The minimum atomic E-state index is -1.58. The molecular formula is C24H33NO5. The van der Waals surface area contributed by atoms with Crippen molar-refractivity contribution in [2.45, 2.75) is 58.3 Å². The molecule has 6 nitrogen and oxygen atoms in total. The molecule has 6 heteroatoms. The lowest BCUT2D eigenvalue weighted by Crippen LogP contribution is -2.41. The van der Waals surface area contributed by atoms with Gasteiger partial charge in [0.2, 0.25) is 0 Å². The highest BCUT2D eigenvalue weighted by atomic mass is 16.6. The molecule has 0 aliphatic rings. The quantitative estimate of drug-likeness (QED) is 0.489. The van der Waals surface area contributed by atoms with E-state index in [1.807, 2.05) is 30.3 Å². The highest BCUT2D eigenvalue weighted by molar-refractivity contribution is 5.97. The number of amides is 1. The summed E-state index contributed by atoms with van der Waals surface area (Å²) >= 11 is 0. The third-order valence-electron chi connectivity index (χ3n) is 4.95. The Morgan fingerprint density at radius 2 is 1.73 bits per heavy atom. The first-order chi connectivity index (χ1) is 14.3. The maximum atomic E-state index is 12.7. The van der Waals surface area contributed by atoms with Crippen molar-refractivity contribution in [3.05, 3.63) is 59.2 Å². The van der Waals surface area contributed by atoms with Crippen LogP contribution in [0.25, 0.3) is 0 Å². The summed E-state index contributed by atoms with van der Waals surface area (Å²) in [7, 11) is 1.57. The molecule has 0 unspecified atom stereocenters. The standard InChI is InChI=1S/C24H33NO5/c1-5-6-7-18-10-13-21(29-4)20(16-18)22(26)25-15-14-17-8-11-19(12-9-17)30-24(2,3)23(27)28/h8-13,16,23,27-28H,5-7,14-15H2,1-4H3,(H,25,26). The van der Waals surface area contributed by atoms with Gasteiger partial charge in [0, 0.05) is 6.54 Å². The van der Waals surface area contributed by atoms with Crippen molar-refractivity contribution in [3.8, 4) is 11.5 Å². The monoisotopic (exact) mass is 415 g/mol. The van der Waals surface area contributed by atoms with E-state index in [0.717, 1.165) is 30.4 Å². The second kappa shape index (κ2) is 11.0. The lowest BCUT2D eigenvalue weighted by atomic mass is 10.0. The van der Waals surface area contributed by atoms with Crippen LogP contribution in [0.15, 0.2) is 42.5 Å². The van der Waals surface area contributed by atoms with Gasteiger partial charge < -0.3 is 25.0 Å². The molecule has 0 aliphatic heterocycles. The van der Waals surface area contributed by atoms with Gasteiger partial charge in [-0.05, 0) is 68.5 Å². The SMILES string of the molecule is CCCCc1ccc(OC)c(C(=O)NCCc2ccc(OC(C)(C)C(O)O)cc2)c1. The van der Waals surface area contributed by atoms with Crippen molar-refractivity contribution in [1.82, 2.24) is 5.32 Å². The predicted octanol–water partition coefficient (Wildman–Crippen LogP) is 3.48. The fourth-order valence-electron chi connectivity index (χ4n) is 2.97. The number of hydrogen-bond acceptors (Lipinski definition) is 5. The molecule has 0 bridgehead atoms. The number of carbonyl (C=O) groups is 1. The first-order valence-corrected chi connectivity index (χ1v) is 10.4. The average molecular weight is 416 g/mol. The van der Waals surface area contributed by atoms with E-state index in [4.69, 9.17) is 9.47 Å². The van der Waals surface area contributed by atoms with Crippen LogP contribution in [0.2, 0.25) is 0 Å². The smallest absolute Gasteiger partial charge is 0.255 e. The Kier molecular flexibility index (Phi) is 8.69. The zero-order valence-electron chi connectivity index (χ0n) is 18.3. The van der Waals surface area contributed by atoms with E-state index in [-0.39, 0.29) is 5.91 Å². The lowest BCUT2D eigenvalue weighted by Gasteiger charge is -2.28. The van der Waals surface area contributed by atoms with E-state index in [2.05, 4.69) is 12.2 Å². The molecule has 0 radical (unpaired) electrons. The Morgan fingerprint density at radius 3 is 2.33 bits per heavy atom. The molecular weight excluding hydrogens is 382 g/mol. The third-order valence-corrected chi connectivity index (χ3v) is 4.95. The van der Waals surface area contributed by atoms with Gasteiger partial charge in [-0.2, -0.15) is 0 Å². The molecule has 0 heterocycles. The fourth-order valence-corrected chi connectivity index (χ4v) is 2.97. The molecule has 0 aromatic heterocycles. The molecule has 1 amide bonds. The first-order valence-electron chi connectivity index (χ1n) is 10.4. The maximum absolute atomic E-state index is 12.7. The lowest BCUT2D eigenvalue weighted by molar-refractivity contribution is -0.154. The van der Waals surface area contributed by atoms with Crippen molar-refractivity contribution in [3.63, 3.8) is 0 Å². The molecule has 2 aromatic carbocycles. The number of nitrogens with one attached hydrogen (secondary N) is 1. The molecule has 0 saturated heterocycles. The Bertz CT molecular complexity index is 815. The number of benzene rings is 2. The van der Waals surface area contributed by atoms with Crippen LogP contribution in [0.5, 0.6) is 11.5 Å². The van der Waals surface area contributed by atoms with E-state index in [9.17, 15) is 15.0 Å². The summed E-state index contributed by atoms with van der Waals surface area (Å²) in [4.78, 5) is 12.7. The second-order valence-corrected chi connectivity index (χ2v) is 7.87. The van der Waals surface area contributed by atoms with Crippen LogP contribution in [0.4, 0.5) is 0 Å². The summed E-state index contributed by atoms with van der Waals surface area (Å²) < 4.78 is 10.9. The highest BCUT2D eigenvalue weighted by Gasteiger charge is 2.28. The number of methoxy groups -OCH3 is 1. The Hall–Kier alpha value is -2.57. The normalized spacial score (nSPS) is 11.4. The Balaban J connectivity index is 1.93. The van der Waals surface area contributed by atoms with Crippen molar-refractivity contribution in [2.75, 3.05) is 13.7 Å². The van der Waals surface area contributed by atoms with Gasteiger partial charge >= 0.3 is 0 Å². The van der Waals surface area contributed by atoms with Gasteiger partial charge in [-0.1, -0.05) is 31.5 Å². The second-order valence-electron chi connectivity index (χ2n) is 7.87. The summed E-state index contributed by atoms with van der Waals surface area (Å²) in [6.07, 6.45) is 2.22. The molecule has 2 rings (SSSR count). The number of unbranched alkanes of at least 4 members (excludes halogenated alkanes) is 1. The summed E-state index contributed by atoms with van der Waals surface area (Å²) in [6.45, 7) is 5.84. The van der Waals surface area contributed by atoms with Crippen LogP contribution >= 0.6 is 0 Å². The van der Waals surface area contributed by atoms with Crippen LogP contribution in [-0.2, 0) is 12.8 Å². The largest absolute Gasteiger partial charge is 0.496 e. The fraction of sp³-hybridized carbons (Fsp3) is 0.458. The van der Waals surface area contributed by atoms with Crippen molar-refractivity contribution >= 4 is 5.91 Å². The molecule has 2 aromatic rings. The Morgan fingerprint density at radius 1 is 1.07 bits per heavy atom. The molecule has 0 saturated carbocycles. The Labute approximate surface area is 178 Å². The predicted molar refractivity (Wildman–Crippen MR) is 117 cm³/mol. The van der Waals surface area contributed by atoms with Crippen LogP contribution in [0.3, 0.4) is 0 Å². The van der Waals surface area contributed by atoms with E-state index in [1.165, 1.54) is 0 Å². The van der Waals surface area contributed by atoms with Gasteiger partial charge in [0.05, 0.1) is 12.7 Å². The minimum Gasteiger partial charge on any atom is -0.496 e. The van der Waals surface area contributed by atoms with Crippen LogP contribution in [0, 0.1) is 0 Å². The molecule has 164 valence electrons. The number of hydrogen-bond donors (Lipinski definition) is 3. The van der Waals surface area contributed by atoms with Crippen LogP contribution in [0.1, 0.15) is 55.1 Å². The average Bonchev–Trinajstić information content (AvgIpc) is 2.72.